The van der Waals surface area contributed by atoms with Gasteiger partial charge in [0, 0.05) is 10.9 Å². The molecule has 0 saturated heterocycles. The van der Waals surface area contributed by atoms with Gasteiger partial charge in [-0.2, -0.15) is 0 Å². The second-order valence-electron chi connectivity index (χ2n) is 3.27. The molecule has 3 nitrogen and oxygen atoms in total. The summed E-state index contributed by atoms with van der Waals surface area (Å²) >= 11 is 5.81. The van der Waals surface area contributed by atoms with Crippen molar-refractivity contribution in [3.63, 3.8) is 0 Å². The highest BCUT2D eigenvalue weighted by molar-refractivity contribution is 6.31. The monoisotopic (exact) mass is 221 g/mol. The first-order valence-corrected chi connectivity index (χ1v) is 4.80. The zero-order valence-corrected chi connectivity index (χ0v) is 8.76. The Labute approximate surface area is 90.3 Å². The number of rotatable bonds is 0. The quantitative estimate of drug-likeness (QED) is 0.738. The Bertz CT molecular complexity index is 646. The van der Waals surface area contributed by atoms with Crippen LogP contribution in [-0.2, 0) is 0 Å². The van der Waals surface area contributed by atoms with Crippen molar-refractivity contribution in [3.8, 4) is 0 Å². The Morgan fingerprint density at radius 1 is 1.20 bits per heavy atom. The van der Waals surface area contributed by atoms with Crippen LogP contribution in [0.3, 0.4) is 0 Å². The highest BCUT2D eigenvalue weighted by atomic mass is 35.5. The summed E-state index contributed by atoms with van der Waals surface area (Å²) in [5.74, 6) is 0. The average Bonchev–Trinajstić information content (AvgIpc) is 2.32. The summed E-state index contributed by atoms with van der Waals surface area (Å²) in [6.45, 7) is 1.53. The van der Waals surface area contributed by atoms with Crippen molar-refractivity contribution in [2.24, 2.45) is 0 Å². The molecule has 0 saturated carbocycles. The van der Waals surface area contributed by atoms with E-state index in [1.165, 1.54) is 6.92 Å². The van der Waals surface area contributed by atoms with E-state index >= 15 is 0 Å². The first-order valence-electron chi connectivity index (χ1n) is 4.42. The van der Waals surface area contributed by atoms with Gasteiger partial charge in [0.25, 0.3) is 5.56 Å². The van der Waals surface area contributed by atoms with Gasteiger partial charge in [-0.3, -0.25) is 9.59 Å². The van der Waals surface area contributed by atoms with Gasteiger partial charge >= 0.3 is 0 Å². The maximum Gasteiger partial charge on any atom is 0.252 e. The van der Waals surface area contributed by atoms with Crippen LogP contribution < -0.4 is 11.0 Å². The molecule has 1 heterocycles. The Hall–Kier alpha value is -1.61. The fourth-order valence-corrected chi connectivity index (χ4v) is 1.58. The molecule has 1 aromatic carbocycles. The molecule has 0 fully saturated rings. The summed E-state index contributed by atoms with van der Waals surface area (Å²) in [7, 11) is 0. The molecule has 2 aromatic rings. The van der Waals surface area contributed by atoms with Crippen LogP contribution in [0.15, 0.2) is 33.9 Å². The van der Waals surface area contributed by atoms with Crippen LogP contribution in [0.25, 0.3) is 10.9 Å². The standard InChI is InChI=1S/C11H8ClNO2/c1-6-9(12)10(14)7-4-2-3-5-8(7)13-11(6)15/h2-5H,1H3,(H,13,15). The number of aromatic nitrogens is 1. The lowest BCUT2D eigenvalue weighted by Crippen LogP contribution is -2.07. The number of benzene rings is 1. The minimum atomic E-state index is -0.335. The van der Waals surface area contributed by atoms with E-state index in [1.54, 1.807) is 24.3 Å². The first-order chi connectivity index (χ1) is 7.11. The van der Waals surface area contributed by atoms with Crippen molar-refractivity contribution in [2.45, 2.75) is 6.92 Å². The molecule has 0 aliphatic heterocycles. The molecule has 2 rings (SSSR count). The molecule has 1 aromatic heterocycles. The molecular formula is C11H8ClNO2. The van der Waals surface area contributed by atoms with E-state index in [1.807, 2.05) is 0 Å². The number of halogens is 1. The lowest BCUT2D eigenvalue weighted by atomic mass is 10.2. The van der Waals surface area contributed by atoms with Crippen molar-refractivity contribution in [2.75, 3.05) is 0 Å². The SMILES string of the molecule is Cc1c(Cl)c(=O)c2ccccc2[nH]c1=O. The van der Waals surface area contributed by atoms with Gasteiger partial charge in [-0.1, -0.05) is 23.7 Å². The van der Waals surface area contributed by atoms with E-state index in [-0.39, 0.29) is 21.6 Å². The van der Waals surface area contributed by atoms with Crippen LogP contribution in [-0.4, -0.2) is 4.98 Å². The molecule has 0 bridgehead atoms. The minimum absolute atomic E-state index is 0.0162. The van der Waals surface area contributed by atoms with Gasteiger partial charge in [-0.05, 0) is 19.1 Å². The van der Waals surface area contributed by atoms with Crippen LogP contribution in [0, 0.1) is 6.92 Å². The Balaban J connectivity index is 3.20. The Morgan fingerprint density at radius 2 is 1.87 bits per heavy atom. The van der Waals surface area contributed by atoms with E-state index in [0.29, 0.717) is 10.9 Å². The van der Waals surface area contributed by atoms with Gasteiger partial charge < -0.3 is 4.98 Å². The molecule has 0 spiro atoms. The summed E-state index contributed by atoms with van der Waals surface area (Å²) in [6, 6.07) is 6.79. The van der Waals surface area contributed by atoms with E-state index in [4.69, 9.17) is 11.6 Å². The predicted octanol–water partition coefficient (Wildman–Crippen LogP) is 1.85. The number of hydrogen-bond acceptors (Lipinski definition) is 2. The number of nitrogens with one attached hydrogen (secondary N) is 1. The van der Waals surface area contributed by atoms with Crippen LogP contribution in [0.2, 0.25) is 5.02 Å². The molecule has 0 amide bonds. The third-order valence-electron chi connectivity index (χ3n) is 2.29. The van der Waals surface area contributed by atoms with Crippen LogP contribution in [0.4, 0.5) is 0 Å². The van der Waals surface area contributed by atoms with Crippen molar-refractivity contribution < 1.29 is 0 Å². The number of aromatic amines is 1. The zero-order chi connectivity index (χ0) is 11.0. The molecule has 76 valence electrons. The molecule has 0 aliphatic rings. The van der Waals surface area contributed by atoms with Gasteiger partial charge in [-0.15, -0.1) is 0 Å². The number of hydrogen-bond donors (Lipinski definition) is 1. The number of para-hydroxylation sites is 1. The molecule has 0 radical (unpaired) electrons. The van der Waals surface area contributed by atoms with Gasteiger partial charge in [0.1, 0.15) is 0 Å². The topological polar surface area (TPSA) is 49.9 Å². The maximum absolute atomic E-state index is 11.8. The highest BCUT2D eigenvalue weighted by Gasteiger charge is 2.06. The fourth-order valence-electron chi connectivity index (χ4n) is 1.39. The van der Waals surface area contributed by atoms with Crippen molar-refractivity contribution in [1.29, 1.82) is 0 Å². The molecule has 15 heavy (non-hydrogen) atoms. The van der Waals surface area contributed by atoms with Crippen LogP contribution >= 0.6 is 11.6 Å². The van der Waals surface area contributed by atoms with Crippen molar-refractivity contribution in [3.05, 3.63) is 55.4 Å². The fraction of sp³-hybridized carbons (Fsp3) is 0.0909. The van der Waals surface area contributed by atoms with Gasteiger partial charge in [0.2, 0.25) is 5.43 Å². The van der Waals surface area contributed by atoms with Crippen LogP contribution in [0.5, 0.6) is 0 Å². The largest absolute Gasteiger partial charge is 0.322 e. The molecular weight excluding hydrogens is 214 g/mol. The Morgan fingerprint density at radius 3 is 2.60 bits per heavy atom. The van der Waals surface area contributed by atoms with E-state index in [9.17, 15) is 9.59 Å². The second-order valence-corrected chi connectivity index (χ2v) is 3.65. The van der Waals surface area contributed by atoms with Gasteiger partial charge in [0.15, 0.2) is 0 Å². The predicted molar refractivity (Wildman–Crippen MR) is 60.6 cm³/mol. The third kappa shape index (κ3) is 1.55. The Kier molecular flexibility index (Phi) is 2.32. The first kappa shape index (κ1) is 9.93. The van der Waals surface area contributed by atoms with Crippen LogP contribution in [0.1, 0.15) is 5.56 Å². The third-order valence-corrected chi connectivity index (χ3v) is 2.74. The lowest BCUT2D eigenvalue weighted by molar-refractivity contribution is 1.26. The molecule has 1 N–H and O–H groups in total. The van der Waals surface area contributed by atoms with E-state index in [2.05, 4.69) is 4.98 Å². The van der Waals surface area contributed by atoms with Gasteiger partial charge in [-0.25, -0.2) is 0 Å². The number of fused-ring (bicyclic) bond motifs is 1. The summed E-state index contributed by atoms with van der Waals surface area (Å²) in [5.41, 5.74) is 0.0989. The summed E-state index contributed by atoms with van der Waals surface area (Å²) in [6.07, 6.45) is 0. The smallest absolute Gasteiger partial charge is 0.252 e. The minimum Gasteiger partial charge on any atom is -0.322 e. The average molecular weight is 222 g/mol. The molecule has 0 atom stereocenters. The van der Waals surface area contributed by atoms with E-state index < -0.39 is 0 Å². The second kappa shape index (κ2) is 3.51. The van der Waals surface area contributed by atoms with Crippen molar-refractivity contribution in [1.82, 2.24) is 4.98 Å². The van der Waals surface area contributed by atoms with Crippen molar-refractivity contribution >= 4 is 22.5 Å². The summed E-state index contributed by atoms with van der Waals surface area (Å²) in [5, 5.41) is 0.408. The highest BCUT2D eigenvalue weighted by Crippen LogP contribution is 2.09. The molecule has 0 unspecified atom stereocenters. The summed E-state index contributed by atoms with van der Waals surface area (Å²) in [4.78, 5) is 26.0. The normalized spacial score (nSPS) is 10.5. The molecule has 0 aliphatic carbocycles. The number of H-pyrrole nitrogens is 1. The van der Waals surface area contributed by atoms with Gasteiger partial charge in [0.05, 0.1) is 10.5 Å². The summed E-state index contributed by atoms with van der Waals surface area (Å²) < 4.78 is 0. The van der Waals surface area contributed by atoms with E-state index in [0.717, 1.165) is 0 Å². The molecule has 4 heteroatoms. The zero-order valence-electron chi connectivity index (χ0n) is 8.00. The lowest BCUT2D eigenvalue weighted by Gasteiger charge is -1.88. The maximum atomic E-state index is 11.8.